The molecule has 1 saturated heterocycles. The van der Waals surface area contributed by atoms with Crippen LogP contribution < -0.4 is 14.7 Å². The van der Waals surface area contributed by atoms with E-state index in [4.69, 9.17) is 15.2 Å². The summed E-state index contributed by atoms with van der Waals surface area (Å²) in [6.07, 6.45) is 7.70. The zero-order valence-corrected chi connectivity index (χ0v) is 23.6. The molecule has 5 heterocycles. The number of anilines is 4. The zero-order valence-electron chi connectivity index (χ0n) is 21.5. The molecule has 0 spiro atoms. The van der Waals surface area contributed by atoms with Crippen LogP contribution in [0.15, 0.2) is 42.7 Å². The summed E-state index contributed by atoms with van der Waals surface area (Å²) in [7, 11) is 5.80. The molecule has 0 aromatic carbocycles. The fraction of sp³-hybridized carbons (Fsp3) is 0.423. The fourth-order valence-electron chi connectivity index (χ4n) is 5.32. The van der Waals surface area contributed by atoms with Crippen LogP contribution in [0, 0.1) is 3.70 Å². The molecule has 2 fully saturated rings. The van der Waals surface area contributed by atoms with Crippen molar-refractivity contribution >= 4 is 57.3 Å². The molecule has 192 valence electrons. The number of carbonyl (C=O) groups is 1. The molecule has 37 heavy (non-hydrogen) atoms. The highest BCUT2D eigenvalue weighted by atomic mass is 127. The van der Waals surface area contributed by atoms with Crippen molar-refractivity contribution in [1.29, 1.82) is 0 Å². The number of aryl methyl sites for hydroxylation is 1. The van der Waals surface area contributed by atoms with Crippen LogP contribution in [0.4, 0.5) is 23.3 Å². The van der Waals surface area contributed by atoms with Crippen molar-refractivity contribution < 1.29 is 4.79 Å². The second kappa shape index (κ2) is 8.96. The van der Waals surface area contributed by atoms with Gasteiger partial charge in [-0.1, -0.05) is 0 Å². The highest BCUT2D eigenvalue weighted by molar-refractivity contribution is 14.1. The third-order valence-electron chi connectivity index (χ3n) is 7.67. The van der Waals surface area contributed by atoms with Gasteiger partial charge in [0.15, 0.2) is 11.6 Å². The Bertz CT molecular complexity index is 1480. The maximum absolute atomic E-state index is 13.9. The summed E-state index contributed by atoms with van der Waals surface area (Å²) in [5.41, 5.74) is 2.13. The lowest BCUT2D eigenvalue weighted by molar-refractivity contribution is -0.122. The van der Waals surface area contributed by atoms with Gasteiger partial charge in [0.25, 0.3) is 5.91 Å². The van der Waals surface area contributed by atoms with Gasteiger partial charge < -0.3 is 14.7 Å². The predicted octanol–water partition coefficient (Wildman–Crippen LogP) is 4.13. The second-order valence-electron chi connectivity index (χ2n) is 10.2. The van der Waals surface area contributed by atoms with E-state index in [1.807, 2.05) is 72.6 Å². The third kappa shape index (κ3) is 4.12. The summed E-state index contributed by atoms with van der Waals surface area (Å²) in [5, 5.41) is 9.61. The molecule has 0 radical (unpaired) electrons. The molecule has 1 aliphatic heterocycles. The van der Waals surface area contributed by atoms with Gasteiger partial charge in [0, 0.05) is 51.6 Å². The minimum atomic E-state index is -0.779. The number of nitrogens with zero attached hydrogens (tertiary/aromatic N) is 9. The van der Waals surface area contributed by atoms with Gasteiger partial charge in [0.05, 0.1) is 11.9 Å². The number of halogens is 1. The van der Waals surface area contributed by atoms with Crippen LogP contribution in [0.5, 0.6) is 0 Å². The second-order valence-corrected chi connectivity index (χ2v) is 11.3. The van der Waals surface area contributed by atoms with E-state index in [0.29, 0.717) is 18.4 Å². The van der Waals surface area contributed by atoms with E-state index in [9.17, 15) is 4.79 Å². The van der Waals surface area contributed by atoms with Crippen molar-refractivity contribution in [3.8, 4) is 0 Å². The van der Waals surface area contributed by atoms with E-state index in [-0.39, 0.29) is 5.91 Å². The average Bonchev–Trinajstić information content (AvgIpc) is 3.29. The summed E-state index contributed by atoms with van der Waals surface area (Å²) in [5.74, 6) is 2.74. The highest BCUT2D eigenvalue weighted by Gasteiger charge is 2.46. The summed E-state index contributed by atoms with van der Waals surface area (Å²) in [6, 6.07) is 9.96. The first-order valence-corrected chi connectivity index (χ1v) is 13.6. The first kappa shape index (κ1) is 24.1. The van der Waals surface area contributed by atoms with E-state index in [1.165, 1.54) is 18.5 Å². The SMILES string of the molecule is CN(C(=O)[C@]1(C)CCCN1c1nc(N(C)c2cc(C3CC3)n(C)n2)c2cccn2n1)c1ccc(I)nc1. The molecule has 0 unspecified atom stereocenters. The highest BCUT2D eigenvalue weighted by Crippen LogP contribution is 2.42. The van der Waals surface area contributed by atoms with Gasteiger partial charge in [-0.2, -0.15) is 10.1 Å². The Morgan fingerprint density at radius 1 is 1.19 bits per heavy atom. The van der Waals surface area contributed by atoms with Gasteiger partial charge in [0.1, 0.15) is 14.8 Å². The van der Waals surface area contributed by atoms with Crippen LogP contribution in [-0.4, -0.2) is 61.4 Å². The van der Waals surface area contributed by atoms with E-state index in [0.717, 1.165) is 39.4 Å². The molecule has 1 atom stereocenters. The average molecular weight is 611 g/mol. The van der Waals surface area contributed by atoms with Crippen LogP contribution in [0.3, 0.4) is 0 Å². The zero-order chi connectivity index (χ0) is 25.9. The Morgan fingerprint density at radius 2 is 2.00 bits per heavy atom. The summed E-state index contributed by atoms with van der Waals surface area (Å²) in [4.78, 5) is 29.0. The molecular weight excluding hydrogens is 581 g/mol. The molecule has 1 saturated carbocycles. The van der Waals surface area contributed by atoms with Crippen LogP contribution in [0.25, 0.3) is 5.52 Å². The first-order valence-electron chi connectivity index (χ1n) is 12.6. The smallest absolute Gasteiger partial charge is 0.252 e. The van der Waals surface area contributed by atoms with Gasteiger partial charge in [-0.15, -0.1) is 5.10 Å². The van der Waals surface area contributed by atoms with Crippen LogP contribution in [0.1, 0.15) is 44.2 Å². The largest absolute Gasteiger partial charge is 0.325 e. The quantitative estimate of drug-likeness (QED) is 0.240. The Labute approximate surface area is 229 Å². The van der Waals surface area contributed by atoms with E-state index < -0.39 is 5.54 Å². The van der Waals surface area contributed by atoms with Crippen molar-refractivity contribution in [3.63, 3.8) is 0 Å². The van der Waals surface area contributed by atoms with Gasteiger partial charge in [-0.25, -0.2) is 9.50 Å². The molecule has 6 rings (SSSR count). The monoisotopic (exact) mass is 611 g/mol. The first-order chi connectivity index (χ1) is 17.8. The van der Waals surface area contributed by atoms with E-state index in [1.54, 1.807) is 11.1 Å². The standard InChI is InChI=1S/C26H30IN9O/c1-26(24(37)32(2)18-10-11-21(27)28-16-18)12-6-13-35(26)25-29-23(19-7-5-14-36(19)31-25)33(3)22-15-20(17-8-9-17)34(4)30-22/h5,7,10-11,14-17H,6,8-9,12-13H2,1-4H3/t26-/m0/s1. The summed E-state index contributed by atoms with van der Waals surface area (Å²) in [6.45, 7) is 2.69. The molecular formula is C26H30IN9O. The van der Waals surface area contributed by atoms with Crippen LogP contribution in [0.2, 0.25) is 0 Å². The number of aromatic nitrogens is 6. The summed E-state index contributed by atoms with van der Waals surface area (Å²) < 4.78 is 4.71. The Kier molecular flexibility index (Phi) is 5.85. The molecule has 10 nitrogen and oxygen atoms in total. The summed E-state index contributed by atoms with van der Waals surface area (Å²) >= 11 is 2.17. The molecule has 2 aliphatic rings. The Balaban J connectivity index is 1.37. The molecule has 4 aromatic rings. The van der Waals surface area contributed by atoms with Gasteiger partial charge in [-0.05, 0) is 79.5 Å². The van der Waals surface area contributed by atoms with Crippen LogP contribution in [-0.2, 0) is 11.8 Å². The maximum Gasteiger partial charge on any atom is 0.252 e. The van der Waals surface area contributed by atoms with Crippen molar-refractivity contribution in [2.24, 2.45) is 7.05 Å². The van der Waals surface area contributed by atoms with E-state index >= 15 is 0 Å². The lowest BCUT2D eigenvalue weighted by Gasteiger charge is -2.37. The van der Waals surface area contributed by atoms with Crippen molar-refractivity contribution in [2.45, 2.75) is 44.1 Å². The lowest BCUT2D eigenvalue weighted by atomic mass is 9.97. The van der Waals surface area contributed by atoms with Crippen molar-refractivity contribution in [2.75, 3.05) is 35.3 Å². The Hall–Kier alpha value is -3.22. The third-order valence-corrected chi connectivity index (χ3v) is 8.31. The topological polar surface area (TPSA) is 87.7 Å². The molecule has 1 amide bonds. The number of rotatable bonds is 6. The lowest BCUT2D eigenvalue weighted by Crippen LogP contribution is -2.55. The number of pyridine rings is 1. The number of hydrogen-bond acceptors (Lipinski definition) is 7. The molecule has 4 aromatic heterocycles. The van der Waals surface area contributed by atoms with Gasteiger partial charge in [0.2, 0.25) is 5.95 Å². The molecule has 1 aliphatic carbocycles. The number of carbonyl (C=O) groups excluding carboxylic acids is 1. The predicted molar refractivity (Wildman–Crippen MR) is 152 cm³/mol. The normalized spacial score (nSPS) is 19.5. The number of likely N-dealkylation sites (N-methyl/N-ethyl adjacent to an activating group) is 1. The number of fused-ring (bicyclic) bond motifs is 1. The fourth-order valence-corrected chi connectivity index (χ4v) is 5.64. The minimum absolute atomic E-state index is 0.00193. The van der Waals surface area contributed by atoms with Gasteiger partial charge >= 0.3 is 0 Å². The maximum atomic E-state index is 13.9. The minimum Gasteiger partial charge on any atom is -0.325 e. The number of hydrogen-bond donors (Lipinski definition) is 0. The molecule has 11 heteroatoms. The number of amides is 1. The van der Waals surface area contributed by atoms with Crippen molar-refractivity contribution in [1.82, 2.24) is 29.4 Å². The Morgan fingerprint density at radius 3 is 2.73 bits per heavy atom. The van der Waals surface area contributed by atoms with Crippen molar-refractivity contribution in [3.05, 3.63) is 52.1 Å². The van der Waals surface area contributed by atoms with E-state index in [2.05, 4.69) is 38.5 Å². The van der Waals surface area contributed by atoms with Crippen LogP contribution >= 0.6 is 22.6 Å². The molecule has 0 N–H and O–H groups in total. The van der Waals surface area contributed by atoms with Gasteiger partial charge in [-0.3, -0.25) is 9.48 Å². The molecule has 0 bridgehead atoms.